The number of aryl methyl sites for hydroxylation is 1. The Labute approximate surface area is 176 Å². The molecule has 0 aliphatic carbocycles. The Hall–Kier alpha value is -3.19. The second kappa shape index (κ2) is 8.28. The predicted octanol–water partition coefficient (Wildman–Crippen LogP) is 3.29. The molecule has 7 heteroatoms. The topological polar surface area (TPSA) is 65.9 Å². The number of nitrogens with one attached hydrogen (secondary N) is 1. The summed E-state index contributed by atoms with van der Waals surface area (Å²) in [6, 6.07) is 11.2. The summed E-state index contributed by atoms with van der Waals surface area (Å²) < 4.78 is 1.94. The summed E-state index contributed by atoms with van der Waals surface area (Å²) >= 11 is 0. The number of anilines is 1. The van der Waals surface area contributed by atoms with Crippen molar-refractivity contribution in [3.8, 4) is 5.69 Å². The summed E-state index contributed by atoms with van der Waals surface area (Å²) in [5.74, 6) is 0. The molecule has 0 amide bonds. The van der Waals surface area contributed by atoms with E-state index in [1.54, 1.807) is 12.7 Å². The summed E-state index contributed by atoms with van der Waals surface area (Å²) in [6.07, 6.45) is 11.6. The molecule has 5 rings (SSSR count). The molecule has 1 N–H and O–H groups in total. The first-order valence-corrected chi connectivity index (χ1v) is 10.6. The van der Waals surface area contributed by atoms with Gasteiger partial charge < -0.3 is 9.88 Å². The molecule has 1 fully saturated rings. The van der Waals surface area contributed by atoms with Gasteiger partial charge in [0.15, 0.2) is 0 Å². The molecular formula is C23H27N7. The van der Waals surface area contributed by atoms with Crippen LogP contribution in [0.25, 0.3) is 16.6 Å². The number of H-pyrrole nitrogens is 1. The lowest BCUT2D eigenvalue weighted by Crippen LogP contribution is -2.52. The van der Waals surface area contributed by atoms with Crippen LogP contribution < -0.4 is 4.90 Å². The number of hydrogen-bond acceptors (Lipinski definition) is 5. The van der Waals surface area contributed by atoms with Crippen molar-refractivity contribution in [2.24, 2.45) is 0 Å². The second-order valence-electron chi connectivity index (χ2n) is 8.05. The molecule has 1 atom stereocenters. The fraction of sp³-hybridized carbons (Fsp3) is 0.348. The van der Waals surface area contributed by atoms with E-state index in [-0.39, 0.29) is 0 Å². The molecule has 4 heterocycles. The summed E-state index contributed by atoms with van der Waals surface area (Å²) in [7, 11) is 0. The van der Waals surface area contributed by atoms with Crippen LogP contribution in [0.2, 0.25) is 0 Å². The van der Waals surface area contributed by atoms with Crippen molar-refractivity contribution in [3.63, 3.8) is 0 Å². The van der Waals surface area contributed by atoms with E-state index in [0.29, 0.717) is 6.04 Å². The molecule has 1 aliphatic rings. The highest BCUT2D eigenvalue weighted by molar-refractivity contribution is 5.85. The molecule has 0 radical (unpaired) electrons. The van der Waals surface area contributed by atoms with Gasteiger partial charge in [-0.2, -0.15) is 0 Å². The van der Waals surface area contributed by atoms with Crippen molar-refractivity contribution in [2.45, 2.75) is 25.8 Å². The SMILES string of the molecule is CC1CN(c2ccncc2)CCN1CCCc1c[nH]c2ccc(-n3cnnc3)cc12. The fourth-order valence-corrected chi connectivity index (χ4v) is 4.46. The van der Waals surface area contributed by atoms with Crippen molar-refractivity contribution in [1.82, 2.24) is 29.6 Å². The van der Waals surface area contributed by atoms with Gasteiger partial charge in [-0.15, -0.1) is 10.2 Å². The molecule has 1 aliphatic heterocycles. The third kappa shape index (κ3) is 3.80. The third-order valence-electron chi connectivity index (χ3n) is 6.15. The smallest absolute Gasteiger partial charge is 0.123 e. The van der Waals surface area contributed by atoms with Crippen molar-refractivity contribution in [2.75, 3.05) is 31.1 Å². The average Bonchev–Trinajstić information content (AvgIpc) is 3.45. The highest BCUT2D eigenvalue weighted by Gasteiger charge is 2.23. The second-order valence-corrected chi connectivity index (χ2v) is 8.05. The molecule has 3 aromatic heterocycles. The molecule has 4 aromatic rings. The summed E-state index contributed by atoms with van der Waals surface area (Å²) in [5.41, 5.74) is 4.93. The van der Waals surface area contributed by atoms with Crippen LogP contribution in [0.5, 0.6) is 0 Å². The Morgan fingerprint density at radius 2 is 1.87 bits per heavy atom. The molecule has 0 bridgehead atoms. The largest absolute Gasteiger partial charge is 0.369 e. The van der Waals surface area contributed by atoms with Gasteiger partial charge in [0.1, 0.15) is 12.7 Å². The number of pyridine rings is 1. The van der Waals surface area contributed by atoms with Crippen LogP contribution in [0.15, 0.2) is 61.6 Å². The van der Waals surface area contributed by atoms with E-state index in [1.807, 2.05) is 17.0 Å². The Morgan fingerprint density at radius 1 is 1.03 bits per heavy atom. The van der Waals surface area contributed by atoms with E-state index in [2.05, 4.69) is 73.4 Å². The fourth-order valence-electron chi connectivity index (χ4n) is 4.46. The van der Waals surface area contributed by atoms with E-state index >= 15 is 0 Å². The van der Waals surface area contributed by atoms with E-state index in [9.17, 15) is 0 Å². The molecule has 0 saturated carbocycles. The quantitative estimate of drug-likeness (QED) is 0.537. The van der Waals surface area contributed by atoms with Crippen LogP contribution in [0, 0.1) is 0 Å². The molecule has 1 aromatic carbocycles. The van der Waals surface area contributed by atoms with Gasteiger partial charge in [-0.1, -0.05) is 0 Å². The highest BCUT2D eigenvalue weighted by Crippen LogP contribution is 2.24. The lowest BCUT2D eigenvalue weighted by Gasteiger charge is -2.41. The number of nitrogens with zero attached hydrogens (tertiary/aromatic N) is 6. The molecule has 154 valence electrons. The summed E-state index contributed by atoms with van der Waals surface area (Å²) in [5, 5.41) is 9.12. The van der Waals surface area contributed by atoms with E-state index in [1.165, 1.54) is 22.2 Å². The van der Waals surface area contributed by atoms with Crippen LogP contribution in [0.4, 0.5) is 5.69 Å². The van der Waals surface area contributed by atoms with E-state index in [4.69, 9.17) is 0 Å². The Bertz CT molecular complexity index is 1090. The lowest BCUT2D eigenvalue weighted by atomic mass is 10.1. The van der Waals surface area contributed by atoms with Gasteiger partial charge in [0.05, 0.1) is 0 Å². The standard InChI is InChI=1S/C23H27N7/c1-18-15-29(20-6-8-24-9-7-20)12-11-28(18)10-2-3-19-14-25-23-5-4-21(13-22(19)23)30-16-26-27-17-30/h4-9,13-14,16-18,25H,2-3,10-12,15H2,1H3. The van der Waals surface area contributed by atoms with Crippen molar-refractivity contribution in [3.05, 3.63) is 67.1 Å². The number of rotatable bonds is 6. The van der Waals surface area contributed by atoms with Crippen molar-refractivity contribution < 1.29 is 0 Å². The minimum atomic E-state index is 0.551. The van der Waals surface area contributed by atoms with Gasteiger partial charge in [-0.25, -0.2) is 0 Å². The number of aromatic amines is 1. The molecule has 1 saturated heterocycles. The molecule has 7 nitrogen and oxygen atoms in total. The Balaban J connectivity index is 1.20. The van der Waals surface area contributed by atoms with E-state index in [0.717, 1.165) is 44.7 Å². The van der Waals surface area contributed by atoms with Gasteiger partial charge in [0.25, 0.3) is 0 Å². The first-order chi connectivity index (χ1) is 14.8. The molecule has 0 spiro atoms. The zero-order valence-corrected chi connectivity index (χ0v) is 17.3. The number of fused-ring (bicyclic) bond motifs is 1. The first kappa shape index (κ1) is 18.8. The highest BCUT2D eigenvalue weighted by atomic mass is 15.3. The summed E-state index contributed by atoms with van der Waals surface area (Å²) in [4.78, 5) is 12.6. The van der Waals surface area contributed by atoms with Crippen molar-refractivity contribution >= 4 is 16.6 Å². The van der Waals surface area contributed by atoms with Crippen molar-refractivity contribution in [1.29, 1.82) is 0 Å². The first-order valence-electron chi connectivity index (χ1n) is 10.6. The minimum Gasteiger partial charge on any atom is -0.369 e. The predicted molar refractivity (Wildman–Crippen MR) is 119 cm³/mol. The van der Waals surface area contributed by atoms with Crippen LogP contribution >= 0.6 is 0 Å². The zero-order valence-electron chi connectivity index (χ0n) is 17.3. The molecule has 30 heavy (non-hydrogen) atoms. The number of benzene rings is 1. The van der Waals surface area contributed by atoms with E-state index < -0.39 is 0 Å². The van der Waals surface area contributed by atoms with Crippen LogP contribution in [-0.2, 0) is 6.42 Å². The number of aromatic nitrogens is 5. The minimum absolute atomic E-state index is 0.551. The maximum absolute atomic E-state index is 4.13. The van der Waals surface area contributed by atoms with Gasteiger partial charge in [0, 0.05) is 66.5 Å². The molecule has 1 unspecified atom stereocenters. The number of piperazine rings is 1. The maximum atomic E-state index is 4.13. The number of hydrogen-bond donors (Lipinski definition) is 1. The zero-order chi connectivity index (χ0) is 20.3. The summed E-state index contributed by atoms with van der Waals surface area (Å²) in [6.45, 7) is 6.71. The third-order valence-corrected chi connectivity index (χ3v) is 6.15. The average molecular weight is 402 g/mol. The Morgan fingerprint density at radius 3 is 2.67 bits per heavy atom. The van der Waals surface area contributed by atoms with Crippen LogP contribution in [0.1, 0.15) is 18.9 Å². The molecular weight excluding hydrogens is 374 g/mol. The Kier molecular flexibility index (Phi) is 5.19. The van der Waals surface area contributed by atoms with Gasteiger partial charge in [0.2, 0.25) is 0 Å². The normalized spacial score (nSPS) is 17.6. The van der Waals surface area contributed by atoms with Crippen LogP contribution in [0.3, 0.4) is 0 Å². The van der Waals surface area contributed by atoms with Gasteiger partial charge in [-0.3, -0.25) is 14.5 Å². The maximum Gasteiger partial charge on any atom is 0.123 e. The monoisotopic (exact) mass is 401 g/mol. The van der Waals surface area contributed by atoms with Crippen LogP contribution in [-0.4, -0.2) is 61.9 Å². The van der Waals surface area contributed by atoms with Gasteiger partial charge in [-0.05, 0) is 62.2 Å². The lowest BCUT2D eigenvalue weighted by molar-refractivity contribution is 0.187. The van der Waals surface area contributed by atoms with Gasteiger partial charge >= 0.3 is 0 Å².